The zero-order valence-electron chi connectivity index (χ0n) is 9.66. The van der Waals surface area contributed by atoms with Gasteiger partial charge in [0.2, 0.25) is 0 Å². The van der Waals surface area contributed by atoms with Crippen molar-refractivity contribution in [3.63, 3.8) is 0 Å². The van der Waals surface area contributed by atoms with E-state index in [1.165, 1.54) is 29.7 Å². The fraction of sp³-hybridized carbons (Fsp3) is 0.538. The van der Waals surface area contributed by atoms with E-state index in [0.717, 1.165) is 13.1 Å². The maximum Gasteiger partial charge on any atom is 0.0399 e. The van der Waals surface area contributed by atoms with E-state index in [0.29, 0.717) is 0 Å². The predicted octanol–water partition coefficient (Wildman–Crippen LogP) is 2.09. The fourth-order valence-electron chi connectivity index (χ4n) is 2.34. The lowest BCUT2D eigenvalue weighted by Crippen LogP contribution is -2.38. The largest absolute Gasteiger partial charge is 0.370 e. The number of benzene rings is 1. The Morgan fingerprint density at radius 2 is 2.27 bits per heavy atom. The number of aryl methyl sites for hydroxylation is 2. The highest BCUT2D eigenvalue weighted by Gasteiger charge is 2.17. The van der Waals surface area contributed by atoms with Crippen molar-refractivity contribution in [1.29, 1.82) is 0 Å². The van der Waals surface area contributed by atoms with Gasteiger partial charge in [0.25, 0.3) is 0 Å². The van der Waals surface area contributed by atoms with Gasteiger partial charge in [0.15, 0.2) is 0 Å². The molecule has 0 radical (unpaired) electrons. The first kappa shape index (κ1) is 10.5. The lowest BCUT2D eigenvalue weighted by Gasteiger charge is -2.32. The number of rotatable bonds is 2. The van der Waals surface area contributed by atoms with Crippen molar-refractivity contribution in [2.45, 2.75) is 32.7 Å². The Bertz CT molecular complexity index is 344. The van der Waals surface area contributed by atoms with Crippen LogP contribution in [0.3, 0.4) is 0 Å². The molecule has 1 heterocycles. The molecule has 0 unspecified atom stereocenters. The van der Waals surface area contributed by atoms with Gasteiger partial charge in [-0.3, -0.25) is 0 Å². The topological polar surface area (TPSA) is 29.3 Å². The Balaban J connectivity index is 2.26. The van der Waals surface area contributed by atoms with E-state index in [9.17, 15) is 0 Å². The normalized spacial score (nSPS) is 17.4. The van der Waals surface area contributed by atoms with Gasteiger partial charge in [-0.2, -0.15) is 0 Å². The first-order valence-corrected chi connectivity index (χ1v) is 5.77. The smallest absolute Gasteiger partial charge is 0.0399 e. The minimum Gasteiger partial charge on any atom is -0.370 e. The molecule has 0 fully saturated rings. The van der Waals surface area contributed by atoms with Gasteiger partial charge in [-0.15, -0.1) is 0 Å². The zero-order valence-corrected chi connectivity index (χ0v) is 9.66. The number of fused-ring (bicyclic) bond motifs is 1. The first-order valence-electron chi connectivity index (χ1n) is 5.77. The number of hydrogen-bond acceptors (Lipinski definition) is 2. The predicted molar refractivity (Wildman–Crippen MR) is 65.4 cm³/mol. The molecular weight excluding hydrogens is 184 g/mol. The second kappa shape index (κ2) is 4.23. The molecule has 1 aliphatic rings. The highest BCUT2D eigenvalue weighted by Crippen LogP contribution is 2.27. The van der Waals surface area contributed by atoms with Crippen LogP contribution in [-0.4, -0.2) is 19.1 Å². The Kier molecular flexibility index (Phi) is 2.96. The maximum absolute atomic E-state index is 5.87. The summed E-state index contributed by atoms with van der Waals surface area (Å²) in [5.41, 5.74) is 10.1. The Hall–Kier alpha value is -1.02. The molecular formula is C13H20N2. The van der Waals surface area contributed by atoms with E-state index >= 15 is 0 Å². The number of nitrogens with zero attached hydrogens (tertiary/aromatic N) is 1. The molecule has 2 nitrogen and oxygen atoms in total. The third-order valence-corrected chi connectivity index (χ3v) is 2.96. The minimum absolute atomic E-state index is 0.247. The van der Waals surface area contributed by atoms with Crippen LogP contribution in [0.15, 0.2) is 18.2 Å². The molecule has 0 saturated carbocycles. The van der Waals surface area contributed by atoms with Crippen LogP contribution in [0.1, 0.15) is 24.5 Å². The van der Waals surface area contributed by atoms with Crippen LogP contribution in [0.2, 0.25) is 0 Å². The van der Waals surface area contributed by atoms with Crippen LogP contribution in [0.4, 0.5) is 5.69 Å². The zero-order chi connectivity index (χ0) is 10.8. The summed E-state index contributed by atoms with van der Waals surface area (Å²) >= 11 is 0. The molecule has 0 aromatic heterocycles. The summed E-state index contributed by atoms with van der Waals surface area (Å²) in [5, 5.41) is 0. The van der Waals surface area contributed by atoms with Crippen molar-refractivity contribution < 1.29 is 0 Å². The van der Waals surface area contributed by atoms with E-state index in [4.69, 9.17) is 5.73 Å². The van der Waals surface area contributed by atoms with Crippen LogP contribution in [0.5, 0.6) is 0 Å². The standard InChI is InChI=1S/C13H20N2/c1-10-5-6-13-12(8-10)4-3-7-15(13)9-11(2)14/h5-6,8,11H,3-4,7,9,14H2,1-2H3/t11-/m0/s1. The molecule has 1 atom stereocenters. The van der Waals surface area contributed by atoms with Crippen molar-refractivity contribution in [3.8, 4) is 0 Å². The summed E-state index contributed by atoms with van der Waals surface area (Å²) in [6.07, 6.45) is 2.47. The van der Waals surface area contributed by atoms with Crippen molar-refractivity contribution >= 4 is 5.69 Å². The molecule has 0 aliphatic carbocycles. The van der Waals surface area contributed by atoms with Crippen LogP contribution >= 0.6 is 0 Å². The molecule has 1 aliphatic heterocycles. The van der Waals surface area contributed by atoms with E-state index < -0.39 is 0 Å². The minimum atomic E-state index is 0.247. The van der Waals surface area contributed by atoms with Crippen molar-refractivity contribution in [2.75, 3.05) is 18.0 Å². The molecule has 2 rings (SSSR count). The molecule has 2 heteroatoms. The molecule has 2 N–H and O–H groups in total. The summed E-state index contributed by atoms with van der Waals surface area (Å²) in [6.45, 7) is 6.35. The molecule has 15 heavy (non-hydrogen) atoms. The van der Waals surface area contributed by atoms with Crippen LogP contribution in [0, 0.1) is 6.92 Å². The highest BCUT2D eigenvalue weighted by molar-refractivity contribution is 5.56. The van der Waals surface area contributed by atoms with Gasteiger partial charge in [0.1, 0.15) is 0 Å². The molecule has 82 valence electrons. The quantitative estimate of drug-likeness (QED) is 0.799. The summed E-state index contributed by atoms with van der Waals surface area (Å²) < 4.78 is 0. The van der Waals surface area contributed by atoms with Crippen LogP contribution in [-0.2, 0) is 6.42 Å². The summed E-state index contributed by atoms with van der Waals surface area (Å²) in [7, 11) is 0. The van der Waals surface area contributed by atoms with Gasteiger partial charge in [-0.1, -0.05) is 17.7 Å². The van der Waals surface area contributed by atoms with Crippen molar-refractivity contribution in [2.24, 2.45) is 5.73 Å². The maximum atomic E-state index is 5.87. The van der Waals surface area contributed by atoms with Crippen molar-refractivity contribution in [1.82, 2.24) is 0 Å². The van der Waals surface area contributed by atoms with E-state index in [1.807, 2.05) is 0 Å². The van der Waals surface area contributed by atoms with Gasteiger partial charge in [-0.25, -0.2) is 0 Å². The summed E-state index contributed by atoms with van der Waals surface area (Å²) in [4.78, 5) is 2.42. The molecule has 0 spiro atoms. The van der Waals surface area contributed by atoms with Gasteiger partial charge in [-0.05, 0) is 38.3 Å². The molecule has 0 saturated heterocycles. The van der Waals surface area contributed by atoms with Gasteiger partial charge < -0.3 is 10.6 Å². The van der Waals surface area contributed by atoms with Crippen molar-refractivity contribution in [3.05, 3.63) is 29.3 Å². The average Bonchev–Trinajstić information content (AvgIpc) is 2.16. The average molecular weight is 204 g/mol. The fourth-order valence-corrected chi connectivity index (χ4v) is 2.34. The van der Waals surface area contributed by atoms with Gasteiger partial charge in [0.05, 0.1) is 0 Å². The molecule has 1 aromatic rings. The highest BCUT2D eigenvalue weighted by atomic mass is 15.1. The first-order chi connectivity index (χ1) is 7.16. The summed E-state index contributed by atoms with van der Waals surface area (Å²) in [6, 6.07) is 6.99. The SMILES string of the molecule is Cc1ccc2c(c1)CCCN2C[C@H](C)N. The Labute approximate surface area is 92.1 Å². The van der Waals surface area contributed by atoms with Gasteiger partial charge in [0, 0.05) is 24.8 Å². The van der Waals surface area contributed by atoms with E-state index in [-0.39, 0.29) is 6.04 Å². The molecule has 0 amide bonds. The van der Waals surface area contributed by atoms with Gasteiger partial charge >= 0.3 is 0 Å². The number of anilines is 1. The Morgan fingerprint density at radius 1 is 1.47 bits per heavy atom. The number of hydrogen-bond donors (Lipinski definition) is 1. The number of nitrogens with two attached hydrogens (primary N) is 1. The molecule has 1 aromatic carbocycles. The monoisotopic (exact) mass is 204 g/mol. The van der Waals surface area contributed by atoms with Crippen LogP contribution in [0.25, 0.3) is 0 Å². The lowest BCUT2D eigenvalue weighted by atomic mass is 9.99. The Morgan fingerprint density at radius 3 is 3.00 bits per heavy atom. The van der Waals surface area contributed by atoms with E-state index in [2.05, 4.69) is 36.9 Å². The summed E-state index contributed by atoms with van der Waals surface area (Å²) in [5.74, 6) is 0. The second-order valence-corrected chi connectivity index (χ2v) is 4.66. The molecule has 0 bridgehead atoms. The lowest BCUT2D eigenvalue weighted by molar-refractivity contribution is 0.633. The second-order valence-electron chi connectivity index (χ2n) is 4.66. The third-order valence-electron chi connectivity index (χ3n) is 2.96. The third kappa shape index (κ3) is 2.32. The van der Waals surface area contributed by atoms with E-state index in [1.54, 1.807) is 0 Å². The van der Waals surface area contributed by atoms with Crippen LogP contribution < -0.4 is 10.6 Å².